The number of hydrogen-bond acceptors (Lipinski definition) is 3. The molecule has 1 rings (SSSR count). The fraction of sp³-hybridized carbons (Fsp3) is 0.789. The Kier molecular flexibility index (Phi) is 7.85. The molecule has 0 fully saturated rings. The quantitative estimate of drug-likeness (QED) is 0.301. The van der Waals surface area contributed by atoms with Crippen LogP contribution in [0.25, 0.3) is 0 Å². The molecule has 1 aliphatic carbocycles. The van der Waals surface area contributed by atoms with Gasteiger partial charge in [0, 0.05) is 0 Å². The number of allylic oxidation sites excluding steroid dienone is 4. The Morgan fingerprint density at radius 3 is 1.23 bits per heavy atom. The number of halogens is 6. The van der Waals surface area contributed by atoms with Crippen LogP contribution in [0, 0.1) is 0 Å². The fourth-order valence-electron chi connectivity index (χ4n) is 4.75. The molecule has 11 heteroatoms. The van der Waals surface area contributed by atoms with Gasteiger partial charge in [0.1, 0.15) is 0 Å². The summed E-state index contributed by atoms with van der Waals surface area (Å²) in [5, 5.41) is -10.7. The van der Waals surface area contributed by atoms with E-state index in [1.54, 1.807) is 74.5 Å². The Morgan fingerprint density at radius 2 is 1.03 bits per heavy atom. The molecular formula is C19H36F6GeN3Zr. The average Bonchev–Trinajstić information content (AvgIpc) is 2.80. The van der Waals surface area contributed by atoms with Crippen molar-refractivity contribution in [3.63, 3.8) is 0 Å². The predicted octanol–water partition coefficient (Wildman–Crippen LogP) is 5.36. The van der Waals surface area contributed by atoms with E-state index in [4.69, 9.17) is 0 Å². The molecule has 3 nitrogen and oxygen atoms in total. The molecule has 0 aromatic heterocycles. The van der Waals surface area contributed by atoms with E-state index < -0.39 is 54.3 Å². The molecule has 3 N–H and O–H groups in total. The van der Waals surface area contributed by atoms with Gasteiger partial charge in [-0.05, 0) is 0 Å². The van der Waals surface area contributed by atoms with E-state index in [9.17, 15) is 26.3 Å². The third-order valence-electron chi connectivity index (χ3n) is 4.57. The molecule has 0 aliphatic heterocycles. The van der Waals surface area contributed by atoms with Gasteiger partial charge in [-0.3, -0.25) is 0 Å². The third-order valence-corrected chi connectivity index (χ3v) is 56.4. The summed E-state index contributed by atoms with van der Waals surface area (Å²) in [6.45, 7) is 14.7. The topological polar surface area (TPSA) is 36.1 Å². The molecule has 177 valence electrons. The SMILES string of the molecule is CC(C)(C)[NH][Zr]([NH]C(C)(C)C)([NH]C(C)(C)C)([C]1=CC=CC1)[GeH]([C](F)(F)F)[C](F)(F)F. The summed E-state index contributed by atoms with van der Waals surface area (Å²) in [6.07, 6.45) is 4.73. The predicted molar refractivity (Wildman–Crippen MR) is 110 cm³/mol. The molecule has 0 amide bonds. The summed E-state index contributed by atoms with van der Waals surface area (Å²) in [5.74, 6) is 0. The number of hydrogen-bond donors (Lipinski definition) is 3. The molecule has 0 aromatic rings. The second kappa shape index (κ2) is 8.30. The van der Waals surface area contributed by atoms with E-state index in [1.165, 1.54) is 6.08 Å². The summed E-state index contributed by atoms with van der Waals surface area (Å²) >= 11 is -6.55. The monoisotopic (exact) mass is 584 g/mol. The van der Waals surface area contributed by atoms with E-state index in [0.717, 1.165) is 0 Å². The normalized spacial score (nSPS) is 18.5. The van der Waals surface area contributed by atoms with Gasteiger partial charge in [0.05, 0.1) is 0 Å². The number of rotatable bonds is 5. The molecule has 0 heterocycles. The van der Waals surface area contributed by atoms with E-state index in [0.29, 0.717) is 0 Å². The second-order valence-electron chi connectivity index (χ2n) is 11.3. The molecule has 0 saturated heterocycles. The van der Waals surface area contributed by atoms with Crippen LogP contribution in [-0.2, 0) is 17.1 Å². The molecular weight excluding hydrogens is 548 g/mol. The van der Waals surface area contributed by atoms with Crippen LogP contribution in [0.1, 0.15) is 68.7 Å². The Labute approximate surface area is 180 Å². The molecule has 0 aromatic carbocycles. The van der Waals surface area contributed by atoms with E-state index in [1.807, 2.05) is 0 Å². The van der Waals surface area contributed by atoms with Crippen LogP contribution in [0.3, 0.4) is 0 Å². The maximum absolute atomic E-state index is 14.6. The third kappa shape index (κ3) is 6.69. The molecule has 0 saturated carbocycles. The number of nitrogens with one attached hydrogen (secondary N) is 3. The van der Waals surface area contributed by atoms with Crippen LogP contribution in [0.15, 0.2) is 21.5 Å². The summed E-state index contributed by atoms with van der Waals surface area (Å²) in [7, 11) is -6.28. The molecule has 1 aliphatic rings. The van der Waals surface area contributed by atoms with Gasteiger partial charge in [0.15, 0.2) is 0 Å². The summed E-state index contributed by atoms with van der Waals surface area (Å²) < 4.78 is 96.9. The van der Waals surface area contributed by atoms with Gasteiger partial charge in [-0.1, -0.05) is 0 Å². The molecule has 0 spiro atoms. The van der Waals surface area contributed by atoms with Crippen molar-refractivity contribution in [1.82, 2.24) is 9.78 Å². The van der Waals surface area contributed by atoms with Crippen molar-refractivity contribution in [2.75, 3.05) is 0 Å². The first-order valence-electron chi connectivity index (χ1n) is 9.97. The van der Waals surface area contributed by atoms with Crippen molar-refractivity contribution < 1.29 is 43.5 Å². The summed E-state index contributed by atoms with van der Waals surface area (Å²) in [4.78, 5) is 0. The van der Waals surface area contributed by atoms with Crippen molar-refractivity contribution in [2.24, 2.45) is 0 Å². The van der Waals surface area contributed by atoms with Gasteiger partial charge < -0.3 is 0 Å². The van der Waals surface area contributed by atoms with Gasteiger partial charge in [-0.2, -0.15) is 0 Å². The first kappa shape index (κ1) is 28.4. The van der Waals surface area contributed by atoms with Gasteiger partial charge in [-0.15, -0.1) is 0 Å². The van der Waals surface area contributed by atoms with E-state index in [2.05, 4.69) is 9.78 Å². The zero-order valence-electron chi connectivity index (χ0n) is 19.3. The standard InChI is InChI=1S/C5H5.3C4H10N.C2HF6Ge.Zr/c1-2-4-5-3-1;3*1-4(2,3)5;3-1(4,5)9-2(6,7)8;/h1-3H,4H2;3*5H,1-3H3;9H;/q;3*-1;;+3. The second-order valence-corrected chi connectivity index (χ2v) is 47.5. The summed E-state index contributed by atoms with van der Waals surface area (Å²) in [6, 6.07) is 0. The van der Waals surface area contributed by atoms with Crippen LogP contribution >= 0.6 is 0 Å². The van der Waals surface area contributed by atoms with Crippen molar-refractivity contribution >= 4 is 10.6 Å². The minimum absolute atomic E-state index is 0.0639. The zero-order chi connectivity index (χ0) is 24.1. The van der Waals surface area contributed by atoms with Crippen LogP contribution < -0.4 is 9.78 Å². The fourth-order valence-corrected chi connectivity index (χ4v) is 71.3. The molecule has 0 radical (unpaired) electrons. The maximum atomic E-state index is 14.6. The Bertz CT molecular complexity index is 636. The summed E-state index contributed by atoms with van der Waals surface area (Å²) in [5.41, 5.74) is -2.98. The van der Waals surface area contributed by atoms with Gasteiger partial charge >= 0.3 is 181 Å². The number of alkyl halides is 6. The Hall–Kier alpha value is 0.366. The average molecular weight is 584 g/mol. The van der Waals surface area contributed by atoms with Gasteiger partial charge in [-0.25, -0.2) is 0 Å². The van der Waals surface area contributed by atoms with Crippen LogP contribution in [0.4, 0.5) is 26.3 Å². The van der Waals surface area contributed by atoms with Crippen molar-refractivity contribution in [1.29, 1.82) is 0 Å². The zero-order valence-corrected chi connectivity index (χ0v) is 24.2. The van der Waals surface area contributed by atoms with Crippen molar-refractivity contribution in [2.45, 2.75) is 95.4 Å². The van der Waals surface area contributed by atoms with Crippen LogP contribution in [0.2, 0.25) is 0 Å². The molecule has 0 atom stereocenters. The van der Waals surface area contributed by atoms with Crippen molar-refractivity contribution in [3.05, 3.63) is 21.5 Å². The molecule has 0 bridgehead atoms. The Morgan fingerprint density at radius 1 is 0.700 bits per heavy atom. The first-order valence-corrected chi connectivity index (χ1v) is 25.9. The van der Waals surface area contributed by atoms with Crippen LogP contribution in [-0.4, -0.2) is 37.2 Å². The minimum atomic E-state index is -6.55. The van der Waals surface area contributed by atoms with E-state index >= 15 is 0 Å². The van der Waals surface area contributed by atoms with Gasteiger partial charge in [0.25, 0.3) is 0 Å². The molecule has 0 unspecified atom stereocenters. The van der Waals surface area contributed by atoms with Crippen LogP contribution in [0.5, 0.6) is 0 Å². The Balaban J connectivity index is 4.28. The molecule has 30 heavy (non-hydrogen) atoms. The first-order chi connectivity index (χ1) is 12.9. The van der Waals surface area contributed by atoms with Crippen molar-refractivity contribution in [3.8, 4) is 0 Å². The van der Waals surface area contributed by atoms with Gasteiger partial charge in [0.2, 0.25) is 0 Å². The van der Waals surface area contributed by atoms with E-state index in [-0.39, 0.29) is 9.70 Å².